The summed E-state index contributed by atoms with van der Waals surface area (Å²) >= 11 is 0. The van der Waals surface area contributed by atoms with Gasteiger partial charge < -0.3 is 5.73 Å². The molecule has 1 heterocycles. The molecule has 0 fully saturated rings. The molecule has 0 aliphatic heterocycles. The molecule has 2 aromatic rings. The zero-order valence-corrected chi connectivity index (χ0v) is 11.5. The lowest BCUT2D eigenvalue weighted by Gasteiger charge is -2.14. The Balaban J connectivity index is 2.49. The Bertz CT molecular complexity index is 697. The van der Waals surface area contributed by atoms with E-state index in [0.29, 0.717) is 22.5 Å². The lowest BCUT2D eigenvalue weighted by molar-refractivity contribution is 0.600. The van der Waals surface area contributed by atoms with Crippen LogP contribution in [0.5, 0.6) is 0 Å². The van der Waals surface area contributed by atoms with Crippen LogP contribution in [0.3, 0.4) is 0 Å². The Morgan fingerprint density at radius 1 is 1.21 bits per heavy atom. The van der Waals surface area contributed by atoms with E-state index in [-0.39, 0.29) is 4.90 Å². The molecule has 1 aromatic heterocycles. The van der Waals surface area contributed by atoms with Crippen LogP contribution < -0.4 is 10.5 Å². The average molecular weight is 277 g/mol. The zero-order valence-electron chi connectivity index (χ0n) is 10.7. The van der Waals surface area contributed by atoms with Crippen molar-refractivity contribution >= 4 is 21.4 Å². The van der Waals surface area contributed by atoms with Gasteiger partial charge in [-0.15, -0.1) is 0 Å². The molecule has 3 N–H and O–H groups in total. The van der Waals surface area contributed by atoms with Crippen molar-refractivity contribution in [3.8, 4) is 0 Å². The molecule has 2 rings (SSSR count). The average Bonchev–Trinajstić information content (AvgIpc) is 2.35. The summed E-state index contributed by atoms with van der Waals surface area (Å²) in [7, 11) is -3.67. The fourth-order valence-electron chi connectivity index (χ4n) is 1.89. The maximum Gasteiger partial charge on any atom is 0.262 e. The quantitative estimate of drug-likeness (QED) is 0.841. The summed E-state index contributed by atoms with van der Waals surface area (Å²) in [5, 5.41) is 0. The van der Waals surface area contributed by atoms with Crippen molar-refractivity contribution in [1.82, 2.24) is 4.98 Å². The van der Waals surface area contributed by atoms with Gasteiger partial charge in [0.1, 0.15) is 0 Å². The van der Waals surface area contributed by atoms with Crippen LogP contribution in [0, 0.1) is 13.8 Å². The molecule has 0 bridgehead atoms. The minimum Gasteiger partial charge on any atom is -0.398 e. The first-order valence-electron chi connectivity index (χ1n) is 5.70. The number of nitrogens with one attached hydrogen (secondary N) is 1. The van der Waals surface area contributed by atoms with Gasteiger partial charge in [0, 0.05) is 11.9 Å². The predicted molar refractivity (Wildman–Crippen MR) is 75.4 cm³/mol. The van der Waals surface area contributed by atoms with Gasteiger partial charge in [0.05, 0.1) is 16.8 Å². The number of hydrogen-bond acceptors (Lipinski definition) is 4. The van der Waals surface area contributed by atoms with Crippen LogP contribution in [0.1, 0.15) is 11.1 Å². The lowest BCUT2D eigenvalue weighted by Crippen LogP contribution is -2.16. The molecule has 0 spiro atoms. The van der Waals surface area contributed by atoms with Crippen LogP contribution in [0.4, 0.5) is 11.4 Å². The molecule has 0 aliphatic carbocycles. The second kappa shape index (κ2) is 4.89. The number of anilines is 2. The molecule has 0 unspecified atom stereocenters. The highest BCUT2D eigenvalue weighted by molar-refractivity contribution is 7.92. The van der Waals surface area contributed by atoms with Crippen molar-refractivity contribution in [1.29, 1.82) is 0 Å². The molecule has 5 nitrogen and oxygen atoms in total. The van der Waals surface area contributed by atoms with E-state index >= 15 is 0 Å². The normalized spacial score (nSPS) is 11.3. The van der Waals surface area contributed by atoms with Crippen LogP contribution >= 0.6 is 0 Å². The molecule has 0 saturated heterocycles. The highest BCUT2D eigenvalue weighted by Crippen LogP contribution is 2.26. The Morgan fingerprint density at radius 2 is 1.95 bits per heavy atom. The molecule has 19 heavy (non-hydrogen) atoms. The van der Waals surface area contributed by atoms with Crippen molar-refractivity contribution in [3.63, 3.8) is 0 Å². The third-order valence-corrected chi connectivity index (χ3v) is 4.50. The van der Waals surface area contributed by atoms with Crippen molar-refractivity contribution < 1.29 is 8.42 Å². The van der Waals surface area contributed by atoms with E-state index in [4.69, 9.17) is 5.73 Å². The van der Waals surface area contributed by atoms with E-state index in [1.807, 2.05) is 0 Å². The number of hydrogen-bond donors (Lipinski definition) is 2. The van der Waals surface area contributed by atoms with Gasteiger partial charge in [-0.2, -0.15) is 0 Å². The minimum absolute atomic E-state index is 0.219. The van der Waals surface area contributed by atoms with Gasteiger partial charge in [0.15, 0.2) is 0 Å². The number of nitrogen functional groups attached to an aromatic ring is 1. The van der Waals surface area contributed by atoms with Gasteiger partial charge in [0.25, 0.3) is 10.0 Å². The number of aryl methyl sites for hydroxylation is 1. The fourth-order valence-corrected chi connectivity index (χ4v) is 3.43. The molecule has 0 saturated carbocycles. The van der Waals surface area contributed by atoms with Crippen molar-refractivity contribution in [3.05, 3.63) is 47.8 Å². The van der Waals surface area contributed by atoms with Crippen LogP contribution in [0.2, 0.25) is 0 Å². The van der Waals surface area contributed by atoms with Crippen LogP contribution in [-0.2, 0) is 10.0 Å². The third kappa shape index (κ3) is 2.68. The first-order chi connectivity index (χ1) is 8.92. The number of nitrogens with two attached hydrogens (primary N) is 1. The van der Waals surface area contributed by atoms with Gasteiger partial charge >= 0.3 is 0 Å². The highest BCUT2D eigenvalue weighted by Gasteiger charge is 2.20. The molecular weight excluding hydrogens is 262 g/mol. The minimum atomic E-state index is -3.67. The van der Waals surface area contributed by atoms with E-state index < -0.39 is 10.0 Å². The van der Waals surface area contributed by atoms with Gasteiger partial charge in [-0.25, -0.2) is 8.42 Å². The fraction of sp³-hybridized carbons (Fsp3) is 0.154. The molecule has 6 heteroatoms. The SMILES string of the molecule is Cc1ccc(N)c(C)c1S(=O)(=O)Nc1cccnc1. The smallest absolute Gasteiger partial charge is 0.262 e. The number of rotatable bonds is 3. The Morgan fingerprint density at radius 3 is 2.58 bits per heavy atom. The Hall–Kier alpha value is -2.08. The summed E-state index contributed by atoms with van der Waals surface area (Å²) in [4.78, 5) is 4.09. The van der Waals surface area contributed by atoms with E-state index in [1.165, 1.54) is 6.20 Å². The summed E-state index contributed by atoms with van der Waals surface area (Å²) in [6.45, 7) is 3.43. The zero-order chi connectivity index (χ0) is 14.0. The summed E-state index contributed by atoms with van der Waals surface area (Å²) in [6.07, 6.45) is 3.03. The Kier molecular flexibility index (Phi) is 3.44. The lowest BCUT2D eigenvalue weighted by atomic mass is 10.1. The van der Waals surface area contributed by atoms with Gasteiger partial charge in [-0.05, 0) is 43.2 Å². The molecule has 0 aliphatic rings. The summed E-state index contributed by atoms with van der Waals surface area (Å²) in [6, 6.07) is 6.70. The summed E-state index contributed by atoms with van der Waals surface area (Å²) in [5.41, 5.74) is 7.86. The topological polar surface area (TPSA) is 85.1 Å². The first-order valence-corrected chi connectivity index (χ1v) is 7.18. The molecule has 0 radical (unpaired) electrons. The molecule has 0 amide bonds. The molecular formula is C13H15N3O2S. The predicted octanol–water partition coefficient (Wildman–Crippen LogP) is 2.08. The summed E-state index contributed by atoms with van der Waals surface area (Å²) < 4.78 is 27.3. The number of sulfonamides is 1. The number of pyridine rings is 1. The van der Waals surface area contributed by atoms with Crippen molar-refractivity contribution in [2.24, 2.45) is 0 Å². The van der Waals surface area contributed by atoms with Gasteiger partial charge in [0.2, 0.25) is 0 Å². The summed E-state index contributed by atoms with van der Waals surface area (Å²) in [5.74, 6) is 0. The number of nitrogens with zero attached hydrogens (tertiary/aromatic N) is 1. The second-order valence-corrected chi connectivity index (χ2v) is 5.89. The number of aromatic nitrogens is 1. The standard InChI is InChI=1S/C13H15N3O2S/c1-9-5-6-12(14)10(2)13(9)19(17,18)16-11-4-3-7-15-8-11/h3-8,16H,14H2,1-2H3. The maximum atomic E-state index is 12.4. The maximum absolute atomic E-state index is 12.4. The van der Waals surface area contributed by atoms with Gasteiger partial charge in [-0.1, -0.05) is 6.07 Å². The van der Waals surface area contributed by atoms with E-state index in [9.17, 15) is 8.42 Å². The second-order valence-electron chi connectivity index (χ2n) is 4.27. The monoisotopic (exact) mass is 277 g/mol. The highest BCUT2D eigenvalue weighted by atomic mass is 32.2. The van der Waals surface area contributed by atoms with Crippen LogP contribution in [0.25, 0.3) is 0 Å². The van der Waals surface area contributed by atoms with Crippen LogP contribution in [0.15, 0.2) is 41.6 Å². The van der Waals surface area contributed by atoms with Crippen molar-refractivity contribution in [2.75, 3.05) is 10.5 Å². The molecule has 1 aromatic carbocycles. The van der Waals surface area contributed by atoms with Crippen LogP contribution in [-0.4, -0.2) is 13.4 Å². The largest absolute Gasteiger partial charge is 0.398 e. The van der Waals surface area contributed by atoms with Gasteiger partial charge in [-0.3, -0.25) is 9.71 Å². The van der Waals surface area contributed by atoms with Crippen molar-refractivity contribution in [2.45, 2.75) is 18.7 Å². The molecule has 0 atom stereocenters. The Labute approximate surface area is 112 Å². The number of benzene rings is 1. The van der Waals surface area contributed by atoms with E-state index in [2.05, 4.69) is 9.71 Å². The molecule has 100 valence electrons. The van der Waals surface area contributed by atoms with E-state index in [1.54, 1.807) is 44.3 Å². The van der Waals surface area contributed by atoms with E-state index in [0.717, 1.165) is 0 Å². The third-order valence-electron chi connectivity index (χ3n) is 2.83. The first kappa shape index (κ1) is 13.4.